The van der Waals surface area contributed by atoms with Gasteiger partial charge in [-0.1, -0.05) is 6.92 Å². The second-order valence-electron chi connectivity index (χ2n) is 4.07. The number of H-pyrrole nitrogens is 1. The van der Waals surface area contributed by atoms with Gasteiger partial charge in [0.25, 0.3) is 5.56 Å². The molecular formula is C10H13FN2O4. The first-order valence-electron chi connectivity index (χ1n) is 5.26. The molecule has 2 N–H and O–H groups in total. The maximum atomic E-state index is 13.9. The summed E-state index contributed by atoms with van der Waals surface area (Å²) >= 11 is 0. The molecule has 6 nitrogen and oxygen atoms in total. The van der Waals surface area contributed by atoms with E-state index >= 15 is 0 Å². The van der Waals surface area contributed by atoms with Crippen LogP contribution in [0.15, 0.2) is 21.9 Å². The Kier molecular flexibility index (Phi) is 3.12. The maximum absolute atomic E-state index is 13.9. The lowest BCUT2D eigenvalue weighted by Gasteiger charge is -2.15. The van der Waals surface area contributed by atoms with Gasteiger partial charge in [-0.25, -0.2) is 9.18 Å². The van der Waals surface area contributed by atoms with Gasteiger partial charge in [-0.2, -0.15) is 0 Å². The molecule has 4 atom stereocenters. The fraction of sp³-hybridized carbons (Fsp3) is 0.600. The standard InChI is InChI=1S/C10H13FN2O4/c1-5-6(4-14)17-9(8(5)11)13-3-2-7(15)12-10(13)16/h2-3,5-6,8-9,14H,4H2,1H3,(H,12,15,16)/t5?,6-,8+,9-/m1/s1. The zero-order chi connectivity index (χ0) is 12.6. The summed E-state index contributed by atoms with van der Waals surface area (Å²) < 4.78 is 20.1. The molecule has 17 heavy (non-hydrogen) atoms. The molecule has 1 fully saturated rings. The summed E-state index contributed by atoms with van der Waals surface area (Å²) in [6.45, 7) is 1.29. The second-order valence-corrected chi connectivity index (χ2v) is 4.07. The van der Waals surface area contributed by atoms with Crippen LogP contribution in [0.4, 0.5) is 4.39 Å². The minimum Gasteiger partial charge on any atom is -0.394 e. The molecular weight excluding hydrogens is 231 g/mol. The van der Waals surface area contributed by atoms with Gasteiger partial charge >= 0.3 is 5.69 Å². The molecule has 0 saturated carbocycles. The zero-order valence-electron chi connectivity index (χ0n) is 9.17. The minimum atomic E-state index is -1.41. The molecule has 1 aliphatic rings. The van der Waals surface area contributed by atoms with E-state index in [1.807, 2.05) is 4.98 Å². The van der Waals surface area contributed by atoms with Gasteiger partial charge in [-0.15, -0.1) is 0 Å². The quantitative estimate of drug-likeness (QED) is 0.727. The molecule has 1 aromatic rings. The molecule has 0 aliphatic carbocycles. The van der Waals surface area contributed by atoms with E-state index in [1.165, 1.54) is 6.20 Å². The van der Waals surface area contributed by atoms with Crippen LogP contribution in [0.5, 0.6) is 0 Å². The number of aromatic amines is 1. The van der Waals surface area contributed by atoms with Gasteiger partial charge in [-0.3, -0.25) is 14.3 Å². The number of aliphatic hydroxyl groups is 1. The Bertz CT molecular complexity index is 512. The number of halogens is 1. The van der Waals surface area contributed by atoms with Crippen molar-refractivity contribution in [3.8, 4) is 0 Å². The fourth-order valence-corrected chi connectivity index (χ4v) is 1.90. The third kappa shape index (κ3) is 2.03. The number of aliphatic hydroxyl groups excluding tert-OH is 1. The number of alkyl halides is 1. The second kappa shape index (κ2) is 4.42. The zero-order valence-corrected chi connectivity index (χ0v) is 9.17. The summed E-state index contributed by atoms with van der Waals surface area (Å²) in [6.07, 6.45) is -1.97. The lowest BCUT2D eigenvalue weighted by molar-refractivity contribution is -0.0419. The minimum absolute atomic E-state index is 0.309. The monoisotopic (exact) mass is 244 g/mol. The number of nitrogens with one attached hydrogen (secondary N) is 1. The Labute approximate surface area is 95.7 Å². The Morgan fingerprint density at radius 1 is 1.59 bits per heavy atom. The summed E-state index contributed by atoms with van der Waals surface area (Å²) in [4.78, 5) is 24.4. The molecule has 1 saturated heterocycles. The van der Waals surface area contributed by atoms with E-state index in [-0.39, 0.29) is 6.61 Å². The van der Waals surface area contributed by atoms with Gasteiger partial charge in [0, 0.05) is 18.2 Å². The predicted molar refractivity (Wildman–Crippen MR) is 56.4 cm³/mol. The highest BCUT2D eigenvalue weighted by Gasteiger charge is 2.43. The van der Waals surface area contributed by atoms with Gasteiger partial charge in [0.15, 0.2) is 12.4 Å². The van der Waals surface area contributed by atoms with Gasteiger partial charge in [0.05, 0.1) is 12.7 Å². The number of hydrogen-bond acceptors (Lipinski definition) is 4. The number of nitrogens with zero attached hydrogens (tertiary/aromatic N) is 1. The molecule has 1 aliphatic heterocycles. The van der Waals surface area contributed by atoms with Crippen LogP contribution in [0.3, 0.4) is 0 Å². The third-order valence-electron chi connectivity index (χ3n) is 2.98. The summed E-state index contributed by atoms with van der Waals surface area (Å²) in [5.74, 6) is -0.510. The molecule has 0 bridgehead atoms. The normalized spacial score (nSPS) is 32.9. The lowest BCUT2D eigenvalue weighted by atomic mass is 10.0. The van der Waals surface area contributed by atoms with Crippen LogP contribution in [-0.4, -0.2) is 33.5 Å². The average molecular weight is 244 g/mol. The predicted octanol–water partition coefficient (Wildman–Crippen LogP) is -0.600. The first-order chi connectivity index (χ1) is 8.04. The highest BCUT2D eigenvalue weighted by atomic mass is 19.1. The molecule has 0 spiro atoms. The Morgan fingerprint density at radius 3 is 2.82 bits per heavy atom. The molecule has 1 unspecified atom stereocenters. The fourth-order valence-electron chi connectivity index (χ4n) is 1.90. The van der Waals surface area contributed by atoms with E-state index in [9.17, 15) is 14.0 Å². The Morgan fingerprint density at radius 2 is 2.29 bits per heavy atom. The average Bonchev–Trinajstić information content (AvgIpc) is 2.57. The molecule has 0 radical (unpaired) electrons. The van der Waals surface area contributed by atoms with Crippen molar-refractivity contribution in [1.29, 1.82) is 0 Å². The van der Waals surface area contributed by atoms with Gasteiger partial charge in [0.1, 0.15) is 0 Å². The summed E-state index contributed by atoms with van der Waals surface area (Å²) in [7, 11) is 0. The van der Waals surface area contributed by atoms with Crippen molar-refractivity contribution < 1.29 is 14.2 Å². The molecule has 0 aromatic carbocycles. The highest BCUT2D eigenvalue weighted by Crippen LogP contribution is 2.34. The number of hydrogen-bond donors (Lipinski definition) is 2. The van der Waals surface area contributed by atoms with E-state index in [0.29, 0.717) is 0 Å². The number of ether oxygens (including phenoxy) is 1. The van der Waals surface area contributed by atoms with Gasteiger partial charge in [-0.05, 0) is 0 Å². The van der Waals surface area contributed by atoms with Crippen LogP contribution in [0.25, 0.3) is 0 Å². The topological polar surface area (TPSA) is 84.3 Å². The molecule has 0 amide bonds. The van der Waals surface area contributed by atoms with Crippen molar-refractivity contribution in [3.63, 3.8) is 0 Å². The van der Waals surface area contributed by atoms with Crippen molar-refractivity contribution in [2.24, 2.45) is 5.92 Å². The summed E-state index contributed by atoms with van der Waals surface area (Å²) in [5.41, 5.74) is -1.28. The van der Waals surface area contributed by atoms with Gasteiger partial charge in [0.2, 0.25) is 0 Å². The molecule has 2 rings (SSSR count). The third-order valence-corrected chi connectivity index (χ3v) is 2.98. The van der Waals surface area contributed by atoms with Crippen molar-refractivity contribution in [2.75, 3.05) is 6.61 Å². The van der Waals surface area contributed by atoms with Crippen molar-refractivity contribution >= 4 is 0 Å². The van der Waals surface area contributed by atoms with E-state index in [0.717, 1.165) is 10.6 Å². The summed E-state index contributed by atoms with van der Waals surface area (Å²) in [5, 5.41) is 9.00. The van der Waals surface area contributed by atoms with Crippen LogP contribution in [0.1, 0.15) is 13.2 Å². The van der Waals surface area contributed by atoms with Crippen LogP contribution >= 0.6 is 0 Å². The van der Waals surface area contributed by atoms with Crippen molar-refractivity contribution in [1.82, 2.24) is 9.55 Å². The smallest absolute Gasteiger partial charge is 0.330 e. The van der Waals surface area contributed by atoms with E-state index in [4.69, 9.17) is 9.84 Å². The molecule has 7 heteroatoms. The van der Waals surface area contributed by atoms with E-state index < -0.39 is 35.7 Å². The molecule has 94 valence electrons. The summed E-state index contributed by atoms with van der Waals surface area (Å²) in [6, 6.07) is 1.12. The number of rotatable bonds is 2. The lowest BCUT2D eigenvalue weighted by Crippen LogP contribution is -2.34. The Balaban J connectivity index is 2.35. The first-order valence-corrected chi connectivity index (χ1v) is 5.26. The van der Waals surface area contributed by atoms with E-state index in [2.05, 4.69) is 0 Å². The highest BCUT2D eigenvalue weighted by molar-refractivity contribution is 4.91. The maximum Gasteiger partial charge on any atom is 0.330 e. The van der Waals surface area contributed by atoms with E-state index in [1.54, 1.807) is 6.92 Å². The molecule has 2 heterocycles. The first kappa shape index (κ1) is 12.0. The van der Waals surface area contributed by atoms with Crippen LogP contribution in [-0.2, 0) is 4.74 Å². The van der Waals surface area contributed by atoms with Crippen molar-refractivity contribution in [3.05, 3.63) is 33.1 Å². The van der Waals surface area contributed by atoms with Crippen LogP contribution in [0, 0.1) is 5.92 Å². The van der Waals surface area contributed by atoms with Gasteiger partial charge < -0.3 is 9.84 Å². The number of aromatic nitrogens is 2. The Hall–Kier alpha value is -1.47. The largest absolute Gasteiger partial charge is 0.394 e. The SMILES string of the molecule is CC1[C@@H](CO)O[C@@H](n2ccc(=O)[nH]c2=O)[C@H]1F. The van der Waals surface area contributed by atoms with Crippen molar-refractivity contribution in [2.45, 2.75) is 25.4 Å². The molecule has 1 aromatic heterocycles. The van der Waals surface area contributed by atoms with Crippen LogP contribution in [0.2, 0.25) is 0 Å². The van der Waals surface area contributed by atoms with Crippen LogP contribution < -0.4 is 11.2 Å².